The minimum atomic E-state index is -5.17. The van der Waals surface area contributed by atoms with E-state index >= 15 is 0 Å². The minimum Gasteiger partial charge on any atom is -1.00 e. The van der Waals surface area contributed by atoms with E-state index < -0.39 is 10.4 Å². The molecular formula is HClO5S-4. The van der Waals surface area contributed by atoms with Crippen LogP contribution in [0.25, 0.3) is 0 Å². The van der Waals surface area contributed by atoms with Gasteiger partial charge in [0, 0.05) is 10.4 Å². The minimum absolute atomic E-state index is 0. The molecule has 0 spiro atoms. The fourth-order valence-electron chi connectivity index (χ4n) is 0. The third kappa shape index (κ3) is 7210. The van der Waals surface area contributed by atoms with Crippen LogP contribution in [0.2, 0.25) is 0 Å². The lowest BCUT2D eigenvalue weighted by atomic mass is 15.8. The zero-order chi connectivity index (χ0) is 4.50. The lowest BCUT2D eigenvalue weighted by Crippen LogP contribution is -3.00. The second-order valence-electron chi connectivity index (χ2n) is 0.408. The predicted octanol–water partition coefficient (Wildman–Crippen LogP) is -4.51. The van der Waals surface area contributed by atoms with Crippen molar-refractivity contribution in [2.24, 2.45) is 0 Å². The van der Waals surface area contributed by atoms with Crippen LogP contribution in [0.3, 0.4) is 0 Å². The van der Waals surface area contributed by atoms with Crippen molar-refractivity contribution in [1.29, 1.82) is 0 Å². The van der Waals surface area contributed by atoms with E-state index in [1.54, 1.807) is 0 Å². The first-order valence-corrected chi connectivity index (χ1v) is 2.00. The molecule has 0 aliphatic carbocycles. The van der Waals surface area contributed by atoms with Crippen molar-refractivity contribution < 1.29 is 35.4 Å². The lowest BCUT2D eigenvalue weighted by molar-refractivity contribution is -0.00000955. The molecule has 0 aliphatic rings. The van der Waals surface area contributed by atoms with Crippen LogP contribution in [-0.2, 0) is 10.4 Å². The largest absolute Gasteiger partial charge is 1.00 e. The molecule has 0 saturated carbocycles. The van der Waals surface area contributed by atoms with Crippen LogP contribution in [-0.4, -0.2) is 23.0 Å². The van der Waals surface area contributed by atoms with E-state index in [2.05, 4.69) is 0 Å². The van der Waals surface area contributed by atoms with Crippen molar-refractivity contribution in [3.05, 3.63) is 0 Å². The maximum atomic E-state index is 8.52. The van der Waals surface area contributed by atoms with E-state index in [1.807, 2.05) is 0 Å². The molecule has 0 fully saturated rings. The van der Waals surface area contributed by atoms with Crippen molar-refractivity contribution in [2.45, 2.75) is 0 Å². The molecule has 0 aliphatic heterocycles. The molecule has 0 unspecified atom stereocenters. The van der Waals surface area contributed by atoms with Crippen LogP contribution in [0.4, 0.5) is 0 Å². The second kappa shape index (κ2) is 4.28. The maximum Gasteiger partial charge on any atom is 0.0311 e. The molecule has 0 aromatic rings. The smallest absolute Gasteiger partial charge is 0.0311 e. The van der Waals surface area contributed by atoms with Gasteiger partial charge < -0.3 is 27.0 Å². The topological polar surface area (TPSA) is 110 Å². The Hall–Kier alpha value is 0.120. The van der Waals surface area contributed by atoms with Crippen LogP contribution in [0.15, 0.2) is 0 Å². The summed E-state index contributed by atoms with van der Waals surface area (Å²) in [6.07, 6.45) is 0. The monoisotopic (exact) mass is 148 g/mol. The molecule has 7 heteroatoms. The van der Waals surface area contributed by atoms with Gasteiger partial charge in [0.25, 0.3) is 0 Å². The van der Waals surface area contributed by atoms with Gasteiger partial charge in [-0.25, -0.2) is 0 Å². The summed E-state index contributed by atoms with van der Waals surface area (Å²) in [6, 6.07) is 0. The van der Waals surface area contributed by atoms with Gasteiger partial charge in [0.1, 0.15) is 0 Å². The first-order chi connectivity index (χ1) is 2.00. The van der Waals surface area contributed by atoms with Crippen molar-refractivity contribution in [3.8, 4) is 0 Å². The van der Waals surface area contributed by atoms with E-state index in [0.717, 1.165) is 0 Å². The van der Waals surface area contributed by atoms with E-state index in [-0.39, 0.29) is 17.9 Å². The highest BCUT2D eigenvalue weighted by Gasteiger charge is 1.49. The lowest BCUT2D eigenvalue weighted by Gasteiger charge is -2.06. The van der Waals surface area contributed by atoms with Gasteiger partial charge in [-0.05, 0) is 0 Å². The van der Waals surface area contributed by atoms with Crippen LogP contribution in [0.1, 0.15) is 0 Å². The summed E-state index contributed by atoms with van der Waals surface area (Å²) in [7, 11) is -5.17. The van der Waals surface area contributed by atoms with Gasteiger partial charge in [0.15, 0.2) is 0 Å². The van der Waals surface area contributed by atoms with E-state index in [0.29, 0.717) is 0 Å². The Bertz CT molecular complexity index is 91.2. The molecular weight excluding hydrogens is 148 g/mol. The molecule has 0 heterocycles. The van der Waals surface area contributed by atoms with Gasteiger partial charge in [-0.3, -0.25) is 8.42 Å². The van der Waals surface area contributed by atoms with Crippen molar-refractivity contribution in [1.82, 2.24) is 0 Å². The summed E-state index contributed by atoms with van der Waals surface area (Å²) in [4.78, 5) is 0. The molecule has 0 bridgehead atoms. The van der Waals surface area contributed by atoms with Crippen molar-refractivity contribution in [2.75, 3.05) is 0 Å². The molecule has 48 valence electrons. The van der Waals surface area contributed by atoms with Crippen LogP contribution < -0.4 is 12.4 Å². The summed E-state index contributed by atoms with van der Waals surface area (Å²) < 4.78 is 34.1. The number of hydrogen-bond acceptors (Lipinski definition) is 5. The number of halogens is 1. The Morgan fingerprint density at radius 3 is 1.14 bits per heavy atom. The third-order valence-electron chi connectivity index (χ3n) is 0. The normalized spacial score (nSPS) is 8.29. The molecule has 0 radical (unpaired) electrons. The molecule has 0 saturated heterocycles. The second-order valence-corrected chi connectivity index (χ2v) is 1.22. The first-order valence-electron chi connectivity index (χ1n) is 0.667. The molecule has 7 heavy (non-hydrogen) atoms. The maximum absolute atomic E-state index is 8.52. The zero-order valence-electron chi connectivity index (χ0n) is 2.87. The van der Waals surface area contributed by atoms with Gasteiger partial charge in [-0.2, -0.15) is 0 Å². The summed E-state index contributed by atoms with van der Waals surface area (Å²) >= 11 is 0. The van der Waals surface area contributed by atoms with E-state index in [9.17, 15) is 0 Å². The molecule has 1 N–H and O–H groups in total. The van der Waals surface area contributed by atoms with Crippen molar-refractivity contribution >= 4 is 10.4 Å². The highest BCUT2D eigenvalue weighted by Crippen LogP contribution is 1.57. The summed E-state index contributed by atoms with van der Waals surface area (Å²) in [5.74, 6) is 0. The third-order valence-corrected chi connectivity index (χ3v) is 0. The Morgan fingerprint density at radius 1 is 1.14 bits per heavy atom. The average Bonchev–Trinajstić information content (AvgIpc) is 0.722. The fraction of sp³-hybridized carbons (Fsp3) is 0. The molecule has 0 rings (SSSR count). The predicted molar refractivity (Wildman–Crippen MR) is 12.4 cm³/mol. The van der Waals surface area contributed by atoms with Crippen LogP contribution in [0.5, 0.6) is 0 Å². The van der Waals surface area contributed by atoms with Gasteiger partial charge in [-0.1, -0.05) is 0 Å². The highest BCUT2D eigenvalue weighted by atomic mass is 35.5. The molecule has 0 amide bonds. The van der Waals surface area contributed by atoms with Gasteiger partial charge in [0.05, 0.1) is 0 Å². The molecule has 0 aromatic carbocycles. The van der Waals surface area contributed by atoms with Gasteiger partial charge in [-0.15, -0.1) is 0 Å². The zero-order valence-corrected chi connectivity index (χ0v) is 4.44. The summed E-state index contributed by atoms with van der Waals surface area (Å²) in [6.45, 7) is 0. The molecule has 0 aromatic heterocycles. The summed E-state index contributed by atoms with van der Waals surface area (Å²) in [5.41, 5.74) is 0. The van der Waals surface area contributed by atoms with Gasteiger partial charge >= 0.3 is 0 Å². The standard InChI is InChI=1S/ClH.H2O4S.H2O/c;1-5(2,3)4;/h1H;(H2,1,2,3,4);1H2/p-4. The fourth-order valence-corrected chi connectivity index (χ4v) is 0. The van der Waals surface area contributed by atoms with E-state index in [4.69, 9.17) is 17.5 Å². The Labute approximate surface area is 46.6 Å². The summed E-state index contributed by atoms with van der Waals surface area (Å²) in [5, 5.41) is 0. The SMILES string of the molecule is O=S(=O)([O-])[O-].[Cl-].[OH-]. The number of hydrogen-bond donors (Lipinski definition) is 0. The van der Waals surface area contributed by atoms with Crippen LogP contribution >= 0.6 is 0 Å². The average molecular weight is 149 g/mol. The van der Waals surface area contributed by atoms with Crippen LogP contribution in [0, 0.1) is 0 Å². The Balaban J connectivity index is -0.0000000800. The molecule has 5 nitrogen and oxygen atoms in total. The van der Waals surface area contributed by atoms with Crippen molar-refractivity contribution in [3.63, 3.8) is 0 Å². The Kier molecular flexibility index (Phi) is 9.61. The highest BCUT2D eigenvalue weighted by molar-refractivity contribution is 7.79. The number of rotatable bonds is 0. The van der Waals surface area contributed by atoms with Gasteiger partial charge in [0.2, 0.25) is 0 Å². The quantitative estimate of drug-likeness (QED) is 0.254. The van der Waals surface area contributed by atoms with E-state index in [1.165, 1.54) is 0 Å². The Morgan fingerprint density at radius 2 is 1.14 bits per heavy atom. The first kappa shape index (κ1) is 15.7. The molecule has 0 atom stereocenters.